The second kappa shape index (κ2) is 11.5. The van der Waals surface area contributed by atoms with E-state index in [9.17, 15) is 9.59 Å². The summed E-state index contributed by atoms with van der Waals surface area (Å²) < 4.78 is 0. The Kier molecular flexibility index (Phi) is 8.47. The maximum Gasteiger partial charge on any atom is 0.321 e. The lowest BCUT2D eigenvalue weighted by Gasteiger charge is -2.33. The lowest BCUT2D eigenvalue weighted by Crippen LogP contribution is -2.46. The average molecular weight is 423 g/mol. The zero-order chi connectivity index (χ0) is 22.1. The van der Waals surface area contributed by atoms with Crippen LogP contribution in [0.3, 0.4) is 0 Å². The van der Waals surface area contributed by atoms with Crippen LogP contribution >= 0.6 is 0 Å². The van der Waals surface area contributed by atoms with E-state index in [0.29, 0.717) is 32.5 Å². The van der Waals surface area contributed by atoms with Crippen LogP contribution in [0.25, 0.3) is 0 Å². The number of anilines is 1. The first kappa shape index (κ1) is 22.8. The van der Waals surface area contributed by atoms with E-state index in [0.717, 1.165) is 18.8 Å². The minimum absolute atomic E-state index is 0.0473. The molecule has 0 unspecified atom stereocenters. The number of para-hydroxylation sites is 1. The highest BCUT2D eigenvalue weighted by atomic mass is 16.2. The molecule has 0 bridgehead atoms. The predicted octanol–water partition coefficient (Wildman–Crippen LogP) is 4.13. The Hall–Kier alpha value is -2.86. The molecular formula is C25H34N4O2. The molecule has 2 aromatic rings. The Balaban J connectivity index is 1.50. The van der Waals surface area contributed by atoms with Gasteiger partial charge >= 0.3 is 6.03 Å². The fraction of sp³-hybridized carbons (Fsp3) is 0.440. The number of likely N-dealkylation sites (N-methyl/N-ethyl adjacent to an activating group) is 1. The number of hydrogen-bond donors (Lipinski definition) is 2. The number of nitrogens with one attached hydrogen (secondary N) is 2. The van der Waals surface area contributed by atoms with Crippen LogP contribution in [0.4, 0.5) is 10.5 Å². The average Bonchev–Trinajstić information content (AvgIpc) is 2.83. The van der Waals surface area contributed by atoms with Crippen molar-refractivity contribution in [1.29, 1.82) is 0 Å². The third-order valence-corrected chi connectivity index (χ3v) is 6.09. The van der Waals surface area contributed by atoms with E-state index < -0.39 is 0 Å². The number of carbonyl (C=O) groups is 2. The van der Waals surface area contributed by atoms with Crippen molar-refractivity contribution in [3.8, 4) is 0 Å². The van der Waals surface area contributed by atoms with Gasteiger partial charge in [-0.05, 0) is 43.6 Å². The predicted molar refractivity (Wildman–Crippen MR) is 125 cm³/mol. The first-order chi connectivity index (χ1) is 15.1. The van der Waals surface area contributed by atoms with Gasteiger partial charge in [-0.15, -0.1) is 0 Å². The number of urea groups is 1. The first-order valence-electron chi connectivity index (χ1n) is 11.3. The van der Waals surface area contributed by atoms with Gasteiger partial charge in [0.05, 0.1) is 6.04 Å². The van der Waals surface area contributed by atoms with Crippen molar-refractivity contribution in [2.75, 3.05) is 38.0 Å². The molecule has 1 atom stereocenters. The van der Waals surface area contributed by atoms with Crippen LogP contribution in [0.15, 0.2) is 60.7 Å². The van der Waals surface area contributed by atoms with E-state index in [-0.39, 0.29) is 23.9 Å². The molecule has 166 valence electrons. The van der Waals surface area contributed by atoms with E-state index in [1.165, 1.54) is 5.56 Å². The molecule has 31 heavy (non-hydrogen) atoms. The van der Waals surface area contributed by atoms with Crippen molar-refractivity contribution < 1.29 is 9.59 Å². The Morgan fingerprint density at radius 3 is 2.13 bits per heavy atom. The highest BCUT2D eigenvalue weighted by Gasteiger charge is 2.28. The standard InChI is InChI=1S/C25H34N4O2/c1-3-28(4-2)23(20-11-7-5-8-12-20)19-26-24(30)21-15-17-29(18-16-21)25(31)27-22-13-9-6-10-14-22/h5-14,21,23H,3-4,15-19H2,1-2H3,(H,26,30)(H,27,31)/t23-/m0/s1. The fourth-order valence-electron chi connectivity index (χ4n) is 4.21. The third-order valence-electron chi connectivity index (χ3n) is 6.09. The number of hydrogen-bond acceptors (Lipinski definition) is 3. The summed E-state index contributed by atoms with van der Waals surface area (Å²) >= 11 is 0. The molecule has 1 saturated heterocycles. The van der Waals surface area contributed by atoms with Crippen LogP contribution in [-0.4, -0.2) is 54.5 Å². The summed E-state index contributed by atoms with van der Waals surface area (Å²) in [5.41, 5.74) is 2.01. The smallest absolute Gasteiger partial charge is 0.321 e. The van der Waals surface area contributed by atoms with Gasteiger partial charge < -0.3 is 15.5 Å². The molecule has 6 heteroatoms. The highest BCUT2D eigenvalue weighted by Crippen LogP contribution is 2.22. The fourth-order valence-corrected chi connectivity index (χ4v) is 4.21. The number of amides is 3. The lowest BCUT2D eigenvalue weighted by molar-refractivity contribution is -0.126. The minimum atomic E-state index is -0.101. The SMILES string of the molecule is CCN(CC)[C@@H](CNC(=O)C1CCN(C(=O)Nc2ccccc2)CC1)c1ccccc1. The molecule has 1 aliphatic heterocycles. The van der Waals surface area contributed by atoms with E-state index in [1.807, 2.05) is 48.5 Å². The van der Waals surface area contributed by atoms with Gasteiger partial charge in [0, 0.05) is 31.2 Å². The summed E-state index contributed by atoms with van der Waals surface area (Å²) in [7, 11) is 0. The molecular weight excluding hydrogens is 388 g/mol. The molecule has 1 aliphatic rings. The Morgan fingerprint density at radius 2 is 1.55 bits per heavy atom. The highest BCUT2D eigenvalue weighted by molar-refractivity contribution is 5.89. The van der Waals surface area contributed by atoms with Gasteiger partial charge in [0.2, 0.25) is 5.91 Å². The summed E-state index contributed by atoms with van der Waals surface area (Å²) in [5, 5.41) is 6.10. The van der Waals surface area contributed by atoms with Gasteiger partial charge in [0.1, 0.15) is 0 Å². The topological polar surface area (TPSA) is 64.7 Å². The van der Waals surface area contributed by atoms with Gasteiger partial charge in [-0.2, -0.15) is 0 Å². The Labute approximate surface area is 185 Å². The van der Waals surface area contributed by atoms with Crippen molar-refractivity contribution in [1.82, 2.24) is 15.1 Å². The molecule has 2 N–H and O–H groups in total. The van der Waals surface area contributed by atoms with Crippen LogP contribution in [-0.2, 0) is 4.79 Å². The zero-order valence-corrected chi connectivity index (χ0v) is 18.6. The number of benzene rings is 2. The van der Waals surface area contributed by atoms with E-state index in [2.05, 4.69) is 41.5 Å². The van der Waals surface area contributed by atoms with Crippen LogP contribution in [0.2, 0.25) is 0 Å². The number of likely N-dealkylation sites (tertiary alicyclic amines) is 1. The van der Waals surface area contributed by atoms with Gasteiger partial charge in [-0.25, -0.2) is 4.79 Å². The molecule has 6 nitrogen and oxygen atoms in total. The molecule has 2 aromatic carbocycles. The summed E-state index contributed by atoms with van der Waals surface area (Å²) in [6.45, 7) is 7.94. The van der Waals surface area contributed by atoms with Crippen molar-refractivity contribution in [2.24, 2.45) is 5.92 Å². The maximum absolute atomic E-state index is 12.9. The lowest BCUT2D eigenvalue weighted by atomic mass is 9.95. The van der Waals surface area contributed by atoms with E-state index >= 15 is 0 Å². The summed E-state index contributed by atoms with van der Waals surface area (Å²) in [6.07, 6.45) is 1.38. The molecule has 0 aromatic heterocycles. The second-order valence-corrected chi connectivity index (χ2v) is 7.95. The number of piperidine rings is 1. The number of carbonyl (C=O) groups excluding carboxylic acids is 2. The molecule has 1 heterocycles. The van der Waals surface area contributed by atoms with Gasteiger partial charge in [0.15, 0.2) is 0 Å². The van der Waals surface area contributed by atoms with Crippen molar-refractivity contribution >= 4 is 17.6 Å². The Bertz CT molecular complexity index is 816. The minimum Gasteiger partial charge on any atom is -0.354 e. The van der Waals surface area contributed by atoms with E-state index in [1.54, 1.807) is 4.90 Å². The molecule has 1 fully saturated rings. The van der Waals surface area contributed by atoms with Crippen molar-refractivity contribution in [3.05, 3.63) is 66.2 Å². The largest absolute Gasteiger partial charge is 0.354 e. The monoisotopic (exact) mass is 422 g/mol. The van der Waals surface area contributed by atoms with E-state index in [4.69, 9.17) is 0 Å². The van der Waals surface area contributed by atoms with Crippen molar-refractivity contribution in [2.45, 2.75) is 32.7 Å². The quantitative estimate of drug-likeness (QED) is 0.672. The first-order valence-corrected chi connectivity index (χ1v) is 11.3. The van der Waals surface area contributed by atoms with Crippen LogP contribution in [0, 0.1) is 5.92 Å². The zero-order valence-electron chi connectivity index (χ0n) is 18.6. The molecule has 0 radical (unpaired) electrons. The number of nitrogens with zero attached hydrogens (tertiary/aromatic N) is 2. The summed E-state index contributed by atoms with van der Waals surface area (Å²) in [5.74, 6) is 0.0464. The maximum atomic E-state index is 12.9. The Morgan fingerprint density at radius 1 is 0.968 bits per heavy atom. The molecule has 0 aliphatic carbocycles. The molecule has 3 amide bonds. The molecule has 0 saturated carbocycles. The second-order valence-electron chi connectivity index (χ2n) is 7.95. The molecule has 3 rings (SSSR count). The van der Waals surface area contributed by atoms with Gasteiger partial charge in [-0.1, -0.05) is 62.4 Å². The van der Waals surface area contributed by atoms with Crippen LogP contribution in [0.1, 0.15) is 38.3 Å². The summed E-state index contributed by atoms with van der Waals surface area (Å²) in [6, 6.07) is 19.9. The van der Waals surface area contributed by atoms with Crippen molar-refractivity contribution in [3.63, 3.8) is 0 Å². The van der Waals surface area contributed by atoms with Gasteiger partial charge in [-0.3, -0.25) is 9.69 Å². The van der Waals surface area contributed by atoms with Gasteiger partial charge in [0.25, 0.3) is 0 Å². The number of rotatable bonds is 8. The normalized spacial score (nSPS) is 15.5. The van der Waals surface area contributed by atoms with Crippen LogP contribution < -0.4 is 10.6 Å². The molecule has 0 spiro atoms. The summed E-state index contributed by atoms with van der Waals surface area (Å²) in [4.78, 5) is 29.5. The van der Waals surface area contributed by atoms with Crippen LogP contribution in [0.5, 0.6) is 0 Å². The third kappa shape index (κ3) is 6.31.